The van der Waals surface area contributed by atoms with Crippen molar-refractivity contribution in [3.8, 4) is 0 Å². The summed E-state index contributed by atoms with van der Waals surface area (Å²) in [5, 5.41) is 0.407. The number of carbonyl (C=O) groups is 4. The van der Waals surface area contributed by atoms with Gasteiger partial charge in [0.1, 0.15) is 0 Å². The van der Waals surface area contributed by atoms with Crippen LogP contribution in [0.2, 0.25) is 0 Å². The summed E-state index contributed by atoms with van der Waals surface area (Å²) in [5.74, 6) is -2.14. The molecule has 0 aromatic heterocycles. The highest BCUT2D eigenvalue weighted by atomic mass is 16.9. The van der Waals surface area contributed by atoms with Gasteiger partial charge in [-0.3, -0.25) is 19.2 Å². The minimum absolute atomic E-state index is 0.000498. The third-order valence-corrected chi connectivity index (χ3v) is 4.12. The third-order valence-electron chi connectivity index (χ3n) is 4.12. The Bertz CT molecular complexity index is 495. The van der Waals surface area contributed by atoms with Crippen molar-refractivity contribution in [3.63, 3.8) is 0 Å². The number of rotatable bonds is 5. The molecule has 2 amide bonds. The topological polar surface area (TPSA) is 99.2 Å². The van der Waals surface area contributed by atoms with Crippen LogP contribution in [-0.2, 0) is 28.7 Å². The summed E-state index contributed by atoms with van der Waals surface area (Å²) in [5.41, 5.74) is 0. The molecule has 1 aliphatic heterocycles. The highest BCUT2D eigenvalue weighted by Gasteiger charge is 2.36. The Balaban J connectivity index is 1.97. The summed E-state index contributed by atoms with van der Waals surface area (Å²) in [7, 11) is 0. The molecule has 0 N–H and O–H groups in total. The first kappa shape index (κ1) is 18.2. The van der Waals surface area contributed by atoms with E-state index in [1.807, 2.05) is 0 Å². The molecule has 0 aromatic rings. The normalized spacial score (nSPS) is 20.2. The molecule has 0 aromatic carbocycles. The van der Waals surface area contributed by atoms with E-state index in [2.05, 4.69) is 4.84 Å². The molecule has 1 saturated carbocycles. The van der Waals surface area contributed by atoms with Gasteiger partial charge in [0.2, 0.25) is 0 Å². The van der Waals surface area contributed by atoms with Crippen molar-refractivity contribution in [2.24, 2.45) is 11.8 Å². The number of amides is 2. The summed E-state index contributed by atoms with van der Waals surface area (Å²) in [4.78, 5) is 51.4. The summed E-state index contributed by atoms with van der Waals surface area (Å²) in [6.45, 7) is 3.36. The molecule has 1 aliphatic carbocycles. The first-order chi connectivity index (χ1) is 11.4. The molecule has 134 valence electrons. The zero-order chi connectivity index (χ0) is 17.7. The maximum absolute atomic E-state index is 11.9. The van der Waals surface area contributed by atoms with Gasteiger partial charge < -0.3 is 9.47 Å². The van der Waals surface area contributed by atoms with E-state index in [1.165, 1.54) is 0 Å². The van der Waals surface area contributed by atoms with Crippen molar-refractivity contribution in [2.45, 2.75) is 65.1 Å². The maximum atomic E-state index is 11.9. The summed E-state index contributed by atoms with van der Waals surface area (Å²) < 4.78 is 10.4. The Hall–Kier alpha value is -2.12. The van der Waals surface area contributed by atoms with E-state index in [0.717, 1.165) is 32.1 Å². The number of esters is 1. The van der Waals surface area contributed by atoms with E-state index in [9.17, 15) is 19.2 Å². The number of ether oxygens (including phenoxy) is 2. The summed E-state index contributed by atoms with van der Waals surface area (Å²) in [6.07, 6.45) is 2.26. The fourth-order valence-corrected chi connectivity index (χ4v) is 2.72. The second-order valence-electron chi connectivity index (χ2n) is 6.40. The minimum Gasteiger partial charge on any atom is -0.424 e. The highest BCUT2D eigenvalue weighted by molar-refractivity contribution is 6.01. The minimum atomic E-state index is -1.22. The van der Waals surface area contributed by atoms with Crippen LogP contribution in [-0.4, -0.2) is 35.3 Å². The molecular weight excluding hydrogens is 318 g/mol. The Morgan fingerprint density at radius 3 is 2.12 bits per heavy atom. The van der Waals surface area contributed by atoms with Crippen LogP contribution in [0.15, 0.2) is 0 Å². The Kier molecular flexibility index (Phi) is 6.16. The maximum Gasteiger partial charge on any atom is 0.537 e. The molecule has 1 saturated heterocycles. The number of imide groups is 1. The quantitative estimate of drug-likeness (QED) is 0.430. The van der Waals surface area contributed by atoms with Crippen molar-refractivity contribution in [1.29, 1.82) is 0 Å². The predicted octanol–water partition coefficient (Wildman–Crippen LogP) is 2.31. The van der Waals surface area contributed by atoms with Gasteiger partial charge in [-0.2, -0.15) is 0 Å². The molecule has 0 spiro atoms. The Morgan fingerprint density at radius 1 is 1.00 bits per heavy atom. The van der Waals surface area contributed by atoms with Gasteiger partial charge in [-0.15, -0.1) is 0 Å². The zero-order valence-corrected chi connectivity index (χ0v) is 14.0. The monoisotopic (exact) mass is 341 g/mol. The smallest absolute Gasteiger partial charge is 0.424 e. The van der Waals surface area contributed by atoms with Crippen LogP contribution in [0, 0.1) is 11.8 Å². The average Bonchev–Trinajstić information content (AvgIpc) is 2.86. The fourth-order valence-electron chi connectivity index (χ4n) is 2.72. The van der Waals surface area contributed by atoms with Crippen molar-refractivity contribution in [1.82, 2.24) is 5.06 Å². The van der Waals surface area contributed by atoms with Crippen LogP contribution in [0.4, 0.5) is 4.79 Å². The van der Waals surface area contributed by atoms with E-state index in [1.54, 1.807) is 13.8 Å². The molecule has 0 bridgehead atoms. The molecule has 1 heterocycles. The van der Waals surface area contributed by atoms with Gasteiger partial charge in [0.05, 0.1) is 5.92 Å². The van der Waals surface area contributed by atoms with Gasteiger partial charge in [-0.1, -0.05) is 38.2 Å². The van der Waals surface area contributed by atoms with E-state index < -0.39 is 30.2 Å². The molecule has 2 aliphatic rings. The van der Waals surface area contributed by atoms with Gasteiger partial charge in [0.15, 0.2) is 0 Å². The average molecular weight is 341 g/mol. The lowest BCUT2D eigenvalue weighted by Gasteiger charge is -2.29. The van der Waals surface area contributed by atoms with Crippen LogP contribution >= 0.6 is 0 Å². The fraction of sp³-hybridized carbons (Fsp3) is 0.750. The number of nitrogens with zero attached hydrogens (tertiary/aromatic N) is 1. The molecule has 0 radical (unpaired) electrons. The Labute approximate surface area is 140 Å². The summed E-state index contributed by atoms with van der Waals surface area (Å²) in [6, 6.07) is 0. The van der Waals surface area contributed by atoms with Gasteiger partial charge >= 0.3 is 12.1 Å². The van der Waals surface area contributed by atoms with Gasteiger partial charge in [0, 0.05) is 18.8 Å². The second kappa shape index (κ2) is 8.12. The third kappa shape index (κ3) is 4.69. The number of hydrogen-bond acceptors (Lipinski definition) is 7. The highest BCUT2D eigenvalue weighted by Crippen LogP contribution is 2.29. The lowest BCUT2D eigenvalue weighted by atomic mass is 9.89. The molecule has 1 atom stereocenters. The SMILES string of the molecule is CC(C)C(=O)OC(OC(=O)ON1C(=O)CCC1=O)C1CCCCC1. The first-order valence-electron chi connectivity index (χ1n) is 8.33. The van der Waals surface area contributed by atoms with Crippen LogP contribution in [0.3, 0.4) is 0 Å². The van der Waals surface area contributed by atoms with Crippen LogP contribution in [0.5, 0.6) is 0 Å². The molecule has 8 heteroatoms. The van der Waals surface area contributed by atoms with E-state index in [-0.39, 0.29) is 24.7 Å². The number of hydroxylamine groups is 2. The predicted molar refractivity (Wildman–Crippen MR) is 79.9 cm³/mol. The first-order valence-corrected chi connectivity index (χ1v) is 8.33. The van der Waals surface area contributed by atoms with Crippen molar-refractivity contribution < 1.29 is 33.5 Å². The zero-order valence-electron chi connectivity index (χ0n) is 14.0. The standard InChI is InChI=1S/C16H23NO7/c1-10(2)14(20)22-15(11-6-4-3-5-7-11)23-16(21)24-17-12(18)8-9-13(17)19/h10-11,15H,3-9H2,1-2H3. The molecular formula is C16H23NO7. The number of hydrogen-bond donors (Lipinski definition) is 0. The van der Waals surface area contributed by atoms with E-state index in [4.69, 9.17) is 9.47 Å². The van der Waals surface area contributed by atoms with Crippen molar-refractivity contribution in [2.75, 3.05) is 0 Å². The van der Waals surface area contributed by atoms with Gasteiger partial charge in [-0.05, 0) is 12.8 Å². The van der Waals surface area contributed by atoms with Crippen molar-refractivity contribution in [3.05, 3.63) is 0 Å². The largest absolute Gasteiger partial charge is 0.537 e. The number of carbonyl (C=O) groups excluding carboxylic acids is 4. The van der Waals surface area contributed by atoms with Gasteiger partial charge in [0.25, 0.3) is 18.1 Å². The van der Waals surface area contributed by atoms with Gasteiger partial charge in [-0.25, -0.2) is 4.79 Å². The summed E-state index contributed by atoms with van der Waals surface area (Å²) >= 11 is 0. The molecule has 8 nitrogen and oxygen atoms in total. The lowest BCUT2D eigenvalue weighted by Crippen LogP contribution is -2.38. The molecule has 2 rings (SSSR count). The van der Waals surface area contributed by atoms with Crippen LogP contribution in [0.1, 0.15) is 58.8 Å². The lowest BCUT2D eigenvalue weighted by molar-refractivity contribution is -0.204. The molecule has 24 heavy (non-hydrogen) atoms. The van der Waals surface area contributed by atoms with Crippen molar-refractivity contribution >= 4 is 23.9 Å². The van der Waals surface area contributed by atoms with Crippen LogP contribution in [0.25, 0.3) is 0 Å². The second-order valence-corrected chi connectivity index (χ2v) is 6.40. The molecule has 1 unspecified atom stereocenters. The Morgan fingerprint density at radius 2 is 1.58 bits per heavy atom. The van der Waals surface area contributed by atoms with Crippen LogP contribution < -0.4 is 0 Å². The van der Waals surface area contributed by atoms with E-state index in [0.29, 0.717) is 5.06 Å². The molecule has 2 fully saturated rings. The van der Waals surface area contributed by atoms with E-state index >= 15 is 0 Å².